The fourth-order valence-electron chi connectivity index (χ4n) is 7.68. The fraction of sp³-hybridized carbons (Fsp3) is 0.533. The first-order valence-electron chi connectivity index (χ1n) is 13.9. The first-order valence-corrected chi connectivity index (χ1v) is 13.9. The summed E-state index contributed by atoms with van der Waals surface area (Å²) in [5, 5.41) is 43.6. The van der Waals surface area contributed by atoms with Crippen LogP contribution in [-0.4, -0.2) is 99.6 Å². The zero-order chi connectivity index (χ0) is 29.5. The fourth-order valence-corrected chi connectivity index (χ4v) is 7.68. The van der Waals surface area contributed by atoms with Crippen molar-refractivity contribution in [3.63, 3.8) is 0 Å². The van der Waals surface area contributed by atoms with Crippen LogP contribution >= 0.6 is 0 Å². The van der Waals surface area contributed by atoms with E-state index in [0.29, 0.717) is 11.1 Å². The van der Waals surface area contributed by atoms with Crippen LogP contribution in [-0.2, 0) is 28.4 Å². The molecule has 3 aliphatic carbocycles. The van der Waals surface area contributed by atoms with Crippen LogP contribution in [0, 0.1) is 11.3 Å². The third kappa shape index (κ3) is 3.70. The summed E-state index contributed by atoms with van der Waals surface area (Å²) in [7, 11) is 0. The molecular formula is C30H32O12. The topological polar surface area (TPSA) is 170 Å². The lowest BCUT2D eigenvalue weighted by Crippen LogP contribution is -2.80. The molecule has 3 saturated carbocycles. The van der Waals surface area contributed by atoms with Gasteiger partial charge in [0.15, 0.2) is 18.4 Å². The van der Waals surface area contributed by atoms with Gasteiger partial charge in [-0.25, -0.2) is 9.59 Å². The minimum absolute atomic E-state index is 0.0572. The van der Waals surface area contributed by atoms with Gasteiger partial charge in [-0.3, -0.25) is 0 Å². The van der Waals surface area contributed by atoms with Crippen molar-refractivity contribution in [2.24, 2.45) is 11.3 Å². The summed E-state index contributed by atoms with van der Waals surface area (Å²) in [6, 6.07) is 16.7. The van der Waals surface area contributed by atoms with Crippen molar-refractivity contribution >= 4 is 11.9 Å². The Morgan fingerprint density at radius 1 is 0.881 bits per heavy atom. The van der Waals surface area contributed by atoms with E-state index in [1.165, 1.54) is 0 Å². The Kier molecular flexibility index (Phi) is 6.32. The summed E-state index contributed by atoms with van der Waals surface area (Å²) in [5.74, 6) is -3.25. The Bertz CT molecular complexity index is 1370. The minimum Gasteiger partial charge on any atom is -0.461 e. The highest BCUT2D eigenvalue weighted by atomic mass is 16.8. The number of ether oxygens (including phenoxy) is 6. The van der Waals surface area contributed by atoms with Crippen molar-refractivity contribution in [1.82, 2.24) is 0 Å². The number of hydrogen-bond donors (Lipinski definition) is 4. The number of hydrogen-bond acceptors (Lipinski definition) is 12. The first kappa shape index (κ1) is 27.9. The summed E-state index contributed by atoms with van der Waals surface area (Å²) < 4.78 is 35.7. The van der Waals surface area contributed by atoms with Crippen LogP contribution < -0.4 is 0 Å². The van der Waals surface area contributed by atoms with Crippen molar-refractivity contribution in [3.05, 3.63) is 71.8 Å². The summed E-state index contributed by atoms with van der Waals surface area (Å²) in [6.07, 6.45) is -8.34. The molecule has 12 heteroatoms. The molecule has 4 N–H and O–H groups in total. The molecule has 4 saturated heterocycles. The Morgan fingerprint density at radius 3 is 2.14 bits per heavy atom. The lowest BCUT2D eigenvalue weighted by atomic mass is 9.41. The summed E-state index contributed by atoms with van der Waals surface area (Å²) >= 11 is 0. The van der Waals surface area contributed by atoms with Gasteiger partial charge in [0.05, 0.1) is 16.5 Å². The van der Waals surface area contributed by atoms with Crippen molar-refractivity contribution in [2.75, 3.05) is 13.2 Å². The SMILES string of the molecule is C[C@@]12C[C@]3(O)O[C@H](O1)C1(COC(=O)c4ccccc4)[C@H]3C[C@@]12O[C@@H]1O[C@H](COC(=O)c2ccccc2)[C@@H](O)[C@H](O)[C@H]1O. The van der Waals surface area contributed by atoms with Crippen molar-refractivity contribution in [3.8, 4) is 0 Å². The van der Waals surface area contributed by atoms with E-state index in [4.69, 9.17) is 28.4 Å². The molecule has 0 amide bonds. The van der Waals surface area contributed by atoms with Gasteiger partial charge >= 0.3 is 11.9 Å². The van der Waals surface area contributed by atoms with E-state index in [1.807, 2.05) is 0 Å². The Labute approximate surface area is 240 Å². The molecule has 12 nitrogen and oxygen atoms in total. The Balaban J connectivity index is 1.13. The normalized spacial score (nSPS) is 44.5. The average molecular weight is 585 g/mol. The van der Waals surface area contributed by atoms with Gasteiger partial charge in [-0.15, -0.1) is 0 Å². The Hall–Kier alpha value is -2.94. The first-order chi connectivity index (χ1) is 20.0. The summed E-state index contributed by atoms with van der Waals surface area (Å²) in [6.45, 7) is 1.12. The maximum absolute atomic E-state index is 12.9. The van der Waals surface area contributed by atoms with Gasteiger partial charge in [0.25, 0.3) is 0 Å². The van der Waals surface area contributed by atoms with Gasteiger partial charge in [-0.05, 0) is 37.6 Å². The van der Waals surface area contributed by atoms with Crippen LogP contribution in [0.4, 0.5) is 0 Å². The quantitative estimate of drug-likeness (QED) is 0.318. The molecule has 4 heterocycles. The average Bonchev–Trinajstić information content (AvgIpc) is 3.18. The maximum Gasteiger partial charge on any atom is 0.338 e. The van der Waals surface area contributed by atoms with Crippen LogP contribution in [0.15, 0.2) is 60.7 Å². The minimum atomic E-state index is -1.69. The van der Waals surface area contributed by atoms with E-state index in [-0.39, 0.29) is 19.4 Å². The smallest absolute Gasteiger partial charge is 0.338 e. The number of carbonyl (C=O) groups excluding carboxylic acids is 2. The zero-order valence-corrected chi connectivity index (χ0v) is 22.7. The van der Waals surface area contributed by atoms with Gasteiger partial charge in [0.1, 0.15) is 48.8 Å². The molecule has 224 valence electrons. The number of carbonyl (C=O) groups is 2. The van der Waals surface area contributed by atoms with Gasteiger partial charge in [-0.1, -0.05) is 36.4 Å². The Morgan fingerprint density at radius 2 is 1.50 bits per heavy atom. The monoisotopic (exact) mass is 584 g/mol. The van der Waals surface area contributed by atoms with E-state index in [1.54, 1.807) is 67.6 Å². The molecular weight excluding hydrogens is 552 g/mol. The summed E-state index contributed by atoms with van der Waals surface area (Å²) in [5.41, 5.74) is -2.88. The van der Waals surface area contributed by atoms with Crippen LogP contribution in [0.25, 0.3) is 0 Å². The number of benzene rings is 2. The van der Waals surface area contributed by atoms with Gasteiger partial charge < -0.3 is 48.8 Å². The molecule has 7 fully saturated rings. The molecule has 1 unspecified atom stereocenters. The molecule has 9 rings (SSSR count). The van der Waals surface area contributed by atoms with Gasteiger partial charge in [0, 0.05) is 12.3 Å². The molecule has 2 aromatic carbocycles. The number of aliphatic hydroxyl groups is 4. The number of aliphatic hydroxyl groups excluding tert-OH is 3. The highest BCUT2D eigenvalue weighted by Gasteiger charge is 2.94. The third-order valence-electron chi connectivity index (χ3n) is 9.78. The van der Waals surface area contributed by atoms with E-state index in [9.17, 15) is 30.0 Å². The van der Waals surface area contributed by atoms with E-state index < -0.39 is 83.9 Å². The third-order valence-corrected chi connectivity index (χ3v) is 9.78. The molecule has 4 aliphatic heterocycles. The highest BCUT2D eigenvalue weighted by Crippen LogP contribution is 2.81. The largest absolute Gasteiger partial charge is 0.461 e. The van der Waals surface area contributed by atoms with Gasteiger partial charge in [-0.2, -0.15) is 0 Å². The van der Waals surface area contributed by atoms with Crippen molar-refractivity contribution < 1.29 is 58.4 Å². The molecule has 42 heavy (non-hydrogen) atoms. The lowest BCUT2D eigenvalue weighted by Gasteiger charge is -2.67. The molecule has 11 atom stereocenters. The van der Waals surface area contributed by atoms with Crippen molar-refractivity contribution in [1.29, 1.82) is 0 Å². The molecule has 0 aromatic heterocycles. The number of esters is 2. The predicted octanol–water partition coefficient (Wildman–Crippen LogP) is 0.507. The van der Waals surface area contributed by atoms with Gasteiger partial charge in [0.2, 0.25) is 0 Å². The second-order valence-electron chi connectivity index (χ2n) is 12.0. The summed E-state index contributed by atoms with van der Waals surface area (Å²) in [4.78, 5) is 25.4. The maximum atomic E-state index is 12.9. The molecule has 2 aromatic rings. The number of rotatable bonds is 8. The van der Waals surface area contributed by atoms with E-state index in [0.717, 1.165) is 0 Å². The standard InChI is InChI=1S/C30H32O12/c1-27-14-29(36)19-12-30(27,28(19,26(41-27)42-29)15-38-24(35)17-10-6-3-7-11-17)40-25-22(33)21(32)20(31)18(39-25)13-37-23(34)16-8-4-2-5-9-16/h2-11,18-22,25-26,31-33,36H,12-15H2,1H3/t18-,19-,20-,21+,22-,25+,26+,27+,28?,29+,30+/m1/s1. The van der Waals surface area contributed by atoms with Crippen molar-refractivity contribution in [2.45, 2.75) is 73.8 Å². The van der Waals surface area contributed by atoms with E-state index >= 15 is 0 Å². The molecule has 0 radical (unpaired) electrons. The van der Waals surface area contributed by atoms with Crippen LogP contribution in [0.1, 0.15) is 40.5 Å². The predicted molar refractivity (Wildman–Crippen MR) is 138 cm³/mol. The van der Waals surface area contributed by atoms with Crippen LogP contribution in [0.2, 0.25) is 0 Å². The lowest BCUT2D eigenvalue weighted by molar-refractivity contribution is -0.424. The van der Waals surface area contributed by atoms with E-state index in [2.05, 4.69) is 0 Å². The molecule has 6 bridgehead atoms. The van der Waals surface area contributed by atoms with Crippen LogP contribution in [0.3, 0.4) is 0 Å². The second kappa shape index (κ2) is 9.53. The molecule has 0 spiro atoms. The van der Waals surface area contributed by atoms with Crippen LogP contribution in [0.5, 0.6) is 0 Å². The molecule has 7 aliphatic rings. The zero-order valence-electron chi connectivity index (χ0n) is 22.7. The second-order valence-corrected chi connectivity index (χ2v) is 12.0. The highest BCUT2D eigenvalue weighted by molar-refractivity contribution is 5.89.